The van der Waals surface area contributed by atoms with Crippen molar-refractivity contribution in [3.05, 3.63) is 104 Å². The van der Waals surface area contributed by atoms with Crippen LogP contribution in [0.4, 0.5) is 17.1 Å². The molecule has 5 atom stereocenters. The fourth-order valence-electron chi connectivity index (χ4n) is 5.95. The molecule has 1 aliphatic carbocycles. The van der Waals surface area contributed by atoms with E-state index in [-0.39, 0.29) is 50.7 Å². The van der Waals surface area contributed by atoms with Crippen LogP contribution < -0.4 is 5.32 Å². The largest absolute Gasteiger partial charge is 0.378 e. The van der Waals surface area contributed by atoms with Crippen LogP contribution in [-0.2, 0) is 0 Å². The van der Waals surface area contributed by atoms with Gasteiger partial charge in [0.25, 0.3) is 17.3 Å². The SMILES string of the molecule is CCN(CC)C(=O)c1ccc2c(c1)[C@@H]1[C@H](Cl)[C@H](Sc3ccccc3[N+](=O)[O-])C[C@H]1[C@H](c1ccc([N+](=O)[O-])cc1)N2. The van der Waals surface area contributed by atoms with Gasteiger partial charge in [-0.1, -0.05) is 24.3 Å². The van der Waals surface area contributed by atoms with Crippen molar-refractivity contribution in [2.45, 2.75) is 47.8 Å². The number of alkyl halides is 1. The summed E-state index contributed by atoms with van der Waals surface area (Å²) in [6.45, 7) is 5.10. The number of carbonyl (C=O) groups is 1. The van der Waals surface area contributed by atoms with Crippen LogP contribution >= 0.6 is 23.4 Å². The molecule has 40 heavy (non-hydrogen) atoms. The van der Waals surface area contributed by atoms with Gasteiger partial charge in [-0.25, -0.2) is 0 Å². The summed E-state index contributed by atoms with van der Waals surface area (Å²) in [7, 11) is 0. The van der Waals surface area contributed by atoms with Crippen LogP contribution in [0.3, 0.4) is 0 Å². The summed E-state index contributed by atoms with van der Waals surface area (Å²) in [4.78, 5) is 37.6. The number of amides is 1. The van der Waals surface area contributed by atoms with Gasteiger partial charge < -0.3 is 10.2 Å². The van der Waals surface area contributed by atoms with Crippen LogP contribution in [0.15, 0.2) is 71.6 Å². The van der Waals surface area contributed by atoms with E-state index in [9.17, 15) is 25.0 Å². The fraction of sp³-hybridized carbons (Fsp3) is 0.345. The second-order valence-corrected chi connectivity index (χ2v) is 11.8. The summed E-state index contributed by atoms with van der Waals surface area (Å²) >= 11 is 8.64. The van der Waals surface area contributed by atoms with Gasteiger partial charge in [0.15, 0.2) is 0 Å². The number of benzene rings is 3. The summed E-state index contributed by atoms with van der Waals surface area (Å²) in [5.74, 6) is -0.185. The molecular formula is C29H29ClN4O5S. The van der Waals surface area contributed by atoms with E-state index in [1.165, 1.54) is 30.0 Å². The number of nitro benzene ring substituents is 2. The maximum atomic E-state index is 13.2. The van der Waals surface area contributed by atoms with Gasteiger partial charge in [-0.2, -0.15) is 0 Å². The second kappa shape index (κ2) is 11.5. The zero-order chi connectivity index (χ0) is 28.6. The molecule has 1 fully saturated rings. The summed E-state index contributed by atoms with van der Waals surface area (Å²) in [6, 6.07) is 18.7. The van der Waals surface area contributed by atoms with Crippen LogP contribution in [0, 0.1) is 26.1 Å². The van der Waals surface area contributed by atoms with Crippen molar-refractivity contribution < 1.29 is 14.6 Å². The Bertz CT molecular complexity index is 1450. The number of thioether (sulfide) groups is 1. The molecule has 0 bridgehead atoms. The van der Waals surface area contributed by atoms with Crippen molar-refractivity contribution in [2.75, 3.05) is 18.4 Å². The Balaban J connectivity index is 1.55. The van der Waals surface area contributed by atoms with E-state index >= 15 is 0 Å². The van der Waals surface area contributed by atoms with Crippen molar-refractivity contribution in [1.82, 2.24) is 4.90 Å². The van der Waals surface area contributed by atoms with Crippen LogP contribution in [0.5, 0.6) is 0 Å². The lowest BCUT2D eigenvalue weighted by molar-refractivity contribution is -0.387. The van der Waals surface area contributed by atoms with Crippen LogP contribution in [-0.4, -0.2) is 44.4 Å². The first-order valence-electron chi connectivity index (χ1n) is 13.2. The lowest BCUT2D eigenvalue weighted by atomic mass is 9.76. The minimum Gasteiger partial charge on any atom is -0.378 e. The van der Waals surface area contributed by atoms with Crippen molar-refractivity contribution in [3.63, 3.8) is 0 Å². The lowest BCUT2D eigenvalue weighted by Crippen LogP contribution is -2.33. The minimum absolute atomic E-state index is 0.00414. The number of nitrogens with zero attached hydrogens (tertiary/aromatic N) is 3. The van der Waals surface area contributed by atoms with Gasteiger partial charge in [0.1, 0.15) is 0 Å². The predicted octanol–water partition coefficient (Wildman–Crippen LogP) is 7.02. The lowest BCUT2D eigenvalue weighted by Gasteiger charge is -2.38. The molecule has 1 N–H and O–H groups in total. The molecule has 1 amide bonds. The summed E-state index contributed by atoms with van der Waals surface area (Å²) < 4.78 is 0. The Morgan fingerprint density at radius 3 is 2.38 bits per heavy atom. The average Bonchev–Trinajstić information content (AvgIpc) is 3.29. The first-order chi connectivity index (χ1) is 19.2. The number of para-hydroxylation sites is 1. The molecular weight excluding hydrogens is 552 g/mol. The van der Waals surface area contributed by atoms with E-state index in [0.29, 0.717) is 30.0 Å². The highest BCUT2D eigenvalue weighted by atomic mass is 35.5. The Morgan fingerprint density at radius 1 is 1.02 bits per heavy atom. The highest BCUT2D eigenvalue weighted by Crippen LogP contribution is 2.58. The molecule has 1 aliphatic heterocycles. The number of nitrogens with one attached hydrogen (secondary N) is 1. The Morgan fingerprint density at radius 2 is 1.73 bits per heavy atom. The Labute approximate surface area is 241 Å². The first-order valence-corrected chi connectivity index (χ1v) is 14.5. The number of halogens is 1. The van der Waals surface area contributed by atoms with E-state index in [4.69, 9.17) is 11.6 Å². The molecule has 1 heterocycles. The summed E-state index contributed by atoms with van der Waals surface area (Å²) in [5, 5.41) is 26.0. The Kier molecular flexibility index (Phi) is 8.00. The molecule has 0 spiro atoms. The average molecular weight is 581 g/mol. The van der Waals surface area contributed by atoms with Gasteiger partial charge >= 0.3 is 0 Å². The number of rotatable bonds is 8. The third kappa shape index (κ3) is 5.13. The molecule has 0 aromatic heterocycles. The van der Waals surface area contributed by atoms with E-state index in [0.717, 1.165) is 16.8 Å². The van der Waals surface area contributed by atoms with E-state index in [1.54, 1.807) is 35.2 Å². The molecule has 0 saturated heterocycles. The van der Waals surface area contributed by atoms with Gasteiger partial charge in [-0.3, -0.25) is 25.0 Å². The number of hydrogen-bond donors (Lipinski definition) is 1. The number of hydrogen-bond acceptors (Lipinski definition) is 7. The molecule has 1 saturated carbocycles. The number of anilines is 1. The third-order valence-corrected chi connectivity index (χ3v) is 10.0. The molecule has 9 nitrogen and oxygen atoms in total. The summed E-state index contributed by atoms with van der Waals surface area (Å²) in [5.41, 5.74) is 3.37. The second-order valence-electron chi connectivity index (χ2n) is 10.0. The molecule has 208 valence electrons. The van der Waals surface area contributed by atoms with E-state index < -0.39 is 4.92 Å². The van der Waals surface area contributed by atoms with Gasteiger partial charge in [0.05, 0.1) is 26.2 Å². The first kappa shape index (κ1) is 27.9. The monoisotopic (exact) mass is 580 g/mol. The highest BCUT2D eigenvalue weighted by Gasteiger charge is 2.50. The number of fused-ring (bicyclic) bond motifs is 3. The quantitative estimate of drug-likeness (QED) is 0.173. The van der Waals surface area contributed by atoms with Crippen LogP contribution in [0.1, 0.15) is 53.7 Å². The topological polar surface area (TPSA) is 119 Å². The number of non-ortho nitro benzene ring substituents is 1. The minimum atomic E-state index is -0.422. The van der Waals surface area contributed by atoms with Gasteiger partial charge in [-0.05, 0) is 61.6 Å². The molecule has 0 radical (unpaired) electrons. The highest BCUT2D eigenvalue weighted by molar-refractivity contribution is 8.00. The standard InChI is InChI=1S/C29H29ClN4O5S/c1-3-32(4-2)29(35)18-11-14-22-20(15-18)26-21(28(31-22)17-9-12-19(13-10-17)33(36)37)16-25(27(26)30)40-24-8-6-5-7-23(24)34(38)39/h5-15,21,25-28,31H,3-4,16H2,1-2H3/t21-,25-,26+,27-,28+/m1/s1. The molecule has 5 rings (SSSR count). The maximum absolute atomic E-state index is 13.2. The van der Waals surface area contributed by atoms with E-state index in [1.807, 2.05) is 32.0 Å². The fourth-order valence-corrected chi connectivity index (χ4v) is 7.89. The Hall–Kier alpha value is -3.63. The van der Waals surface area contributed by atoms with Crippen molar-refractivity contribution in [3.8, 4) is 0 Å². The molecule has 3 aromatic carbocycles. The zero-order valence-corrected chi connectivity index (χ0v) is 23.6. The van der Waals surface area contributed by atoms with Gasteiger partial charge in [-0.15, -0.1) is 23.4 Å². The third-order valence-electron chi connectivity index (χ3n) is 7.91. The molecule has 2 aliphatic rings. The van der Waals surface area contributed by atoms with E-state index in [2.05, 4.69) is 5.32 Å². The van der Waals surface area contributed by atoms with Gasteiger partial charge in [0, 0.05) is 53.7 Å². The normalized spacial score (nSPS) is 23.0. The number of carbonyl (C=O) groups excluding carboxylic acids is 1. The molecule has 0 unspecified atom stereocenters. The van der Waals surface area contributed by atoms with Crippen LogP contribution in [0.25, 0.3) is 0 Å². The van der Waals surface area contributed by atoms with Gasteiger partial charge in [0.2, 0.25) is 0 Å². The molecule has 3 aromatic rings. The molecule has 11 heteroatoms. The van der Waals surface area contributed by atoms with Crippen molar-refractivity contribution in [1.29, 1.82) is 0 Å². The predicted molar refractivity (Wildman–Crippen MR) is 156 cm³/mol. The van der Waals surface area contributed by atoms with Crippen molar-refractivity contribution in [2.24, 2.45) is 5.92 Å². The summed E-state index contributed by atoms with van der Waals surface area (Å²) in [6.07, 6.45) is 0.665. The zero-order valence-electron chi connectivity index (χ0n) is 22.0. The van der Waals surface area contributed by atoms with Crippen molar-refractivity contribution >= 4 is 46.3 Å². The van der Waals surface area contributed by atoms with Crippen LogP contribution in [0.2, 0.25) is 0 Å². The smallest absolute Gasteiger partial charge is 0.282 e. The number of nitro groups is 2. The maximum Gasteiger partial charge on any atom is 0.282 e.